The summed E-state index contributed by atoms with van der Waals surface area (Å²) in [6.07, 6.45) is 5.79. The second-order valence-corrected chi connectivity index (χ2v) is 4.79. The minimum Gasteiger partial charge on any atom is -0.381 e. The van der Waals surface area contributed by atoms with E-state index in [9.17, 15) is 0 Å². The molecule has 0 spiro atoms. The third kappa shape index (κ3) is 2.51. The first-order chi connectivity index (χ1) is 7.29. The van der Waals surface area contributed by atoms with Gasteiger partial charge in [0, 0.05) is 32.2 Å². The van der Waals surface area contributed by atoms with Gasteiger partial charge in [0.2, 0.25) is 0 Å². The number of hydrogen-bond donors (Lipinski definition) is 1. The lowest BCUT2D eigenvalue weighted by molar-refractivity contribution is 0.0418. The molecular weight excluding hydrogens is 188 g/mol. The quantitative estimate of drug-likeness (QED) is 0.759. The highest BCUT2D eigenvalue weighted by Crippen LogP contribution is 2.25. The van der Waals surface area contributed by atoms with Crippen molar-refractivity contribution >= 4 is 5.84 Å². The first-order valence-electron chi connectivity index (χ1n) is 6.21. The standard InChI is InChI=1S/C12H22N2O/c1-10(11-5-8-15-9-6-11)14-7-3-2-4-12(14)13/h10-11,13H,2-9H2,1H3. The smallest absolute Gasteiger partial charge is 0.0960 e. The highest BCUT2D eigenvalue weighted by Gasteiger charge is 2.28. The molecule has 2 heterocycles. The number of ether oxygens (including phenoxy) is 1. The van der Waals surface area contributed by atoms with E-state index < -0.39 is 0 Å². The molecule has 3 heteroatoms. The Morgan fingerprint density at radius 3 is 2.73 bits per heavy atom. The van der Waals surface area contributed by atoms with Crippen LogP contribution < -0.4 is 0 Å². The number of rotatable bonds is 2. The summed E-state index contributed by atoms with van der Waals surface area (Å²) in [5.41, 5.74) is 0. The molecule has 1 N–H and O–H groups in total. The summed E-state index contributed by atoms with van der Waals surface area (Å²) in [7, 11) is 0. The second kappa shape index (κ2) is 4.97. The first kappa shape index (κ1) is 10.9. The molecule has 86 valence electrons. The predicted molar refractivity (Wildman–Crippen MR) is 61.3 cm³/mol. The maximum atomic E-state index is 7.99. The van der Waals surface area contributed by atoms with Gasteiger partial charge in [0.15, 0.2) is 0 Å². The van der Waals surface area contributed by atoms with Crippen LogP contribution in [0.3, 0.4) is 0 Å². The molecule has 3 nitrogen and oxygen atoms in total. The fraction of sp³-hybridized carbons (Fsp3) is 0.917. The summed E-state index contributed by atoms with van der Waals surface area (Å²) in [6.45, 7) is 5.21. The van der Waals surface area contributed by atoms with Gasteiger partial charge in [-0.2, -0.15) is 0 Å². The molecule has 0 bridgehead atoms. The van der Waals surface area contributed by atoms with Crippen molar-refractivity contribution in [1.82, 2.24) is 4.90 Å². The van der Waals surface area contributed by atoms with E-state index in [1.165, 1.54) is 25.7 Å². The summed E-state index contributed by atoms with van der Waals surface area (Å²) < 4.78 is 5.39. The minimum absolute atomic E-state index is 0.543. The Bertz CT molecular complexity index is 224. The maximum absolute atomic E-state index is 7.99. The lowest BCUT2D eigenvalue weighted by Crippen LogP contribution is -2.46. The second-order valence-electron chi connectivity index (χ2n) is 4.79. The first-order valence-corrected chi connectivity index (χ1v) is 6.21. The van der Waals surface area contributed by atoms with Crippen molar-refractivity contribution in [1.29, 1.82) is 5.41 Å². The lowest BCUT2D eigenvalue weighted by Gasteiger charge is -2.40. The maximum Gasteiger partial charge on any atom is 0.0960 e. The van der Waals surface area contributed by atoms with Crippen LogP contribution in [0.15, 0.2) is 0 Å². The molecule has 15 heavy (non-hydrogen) atoms. The van der Waals surface area contributed by atoms with Gasteiger partial charge in [-0.25, -0.2) is 0 Å². The van der Waals surface area contributed by atoms with Crippen LogP contribution in [0.25, 0.3) is 0 Å². The van der Waals surface area contributed by atoms with Crippen molar-refractivity contribution in [3.05, 3.63) is 0 Å². The number of likely N-dealkylation sites (tertiary alicyclic amines) is 1. The molecule has 1 unspecified atom stereocenters. The van der Waals surface area contributed by atoms with Crippen molar-refractivity contribution in [3.8, 4) is 0 Å². The number of piperidine rings is 1. The van der Waals surface area contributed by atoms with Gasteiger partial charge in [-0.15, -0.1) is 0 Å². The van der Waals surface area contributed by atoms with E-state index in [-0.39, 0.29) is 0 Å². The number of hydrogen-bond acceptors (Lipinski definition) is 2. The molecule has 1 atom stereocenters. The minimum atomic E-state index is 0.543. The van der Waals surface area contributed by atoms with Gasteiger partial charge in [-0.1, -0.05) is 0 Å². The van der Waals surface area contributed by atoms with Crippen LogP contribution >= 0.6 is 0 Å². The molecule has 2 aliphatic rings. The SMILES string of the molecule is CC(C1CCOCC1)N1CCCCC1=N. The molecule has 2 saturated heterocycles. The van der Waals surface area contributed by atoms with Crippen molar-refractivity contribution < 1.29 is 4.74 Å². The van der Waals surface area contributed by atoms with Crippen LogP contribution in [0.4, 0.5) is 0 Å². The zero-order valence-corrected chi connectivity index (χ0v) is 9.67. The van der Waals surface area contributed by atoms with Crippen LogP contribution in [-0.4, -0.2) is 36.5 Å². The van der Waals surface area contributed by atoms with Crippen LogP contribution in [0.5, 0.6) is 0 Å². The average molecular weight is 210 g/mol. The Morgan fingerprint density at radius 1 is 1.33 bits per heavy atom. The molecule has 2 aliphatic heterocycles. The van der Waals surface area contributed by atoms with Crippen LogP contribution in [0, 0.1) is 11.3 Å². The largest absolute Gasteiger partial charge is 0.381 e. The molecule has 0 aliphatic carbocycles. The van der Waals surface area contributed by atoms with Gasteiger partial charge in [0.05, 0.1) is 5.84 Å². The zero-order valence-electron chi connectivity index (χ0n) is 9.67. The Labute approximate surface area is 92.3 Å². The monoisotopic (exact) mass is 210 g/mol. The lowest BCUT2D eigenvalue weighted by atomic mass is 9.90. The Hall–Kier alpha value is -0.570. The van der Waals surface area contributed by atoms with Crippen molar-refractivity contribution in [2.24, 2.45) is 5.92 Å². The number of nitrogens with zero attached hydrogens (tertiary/aromatic N) is 1. The van der Waals surface area contributed by atoms with Gasteiger partial charge in [-0.05, 0) is 38.5 Å². The van der Waals surface area contributed by atoms with Crippen LogP contribution in [-0.2, 0) is 4.74 Å². The summed E-state index contributed by atoms with van der Waals surface area (Å²) in [5.74, 6) is 1.59. The van der Waals surface area contributed by atoms with Gasteiger partial charge in [-0.3, -0.25) is 5.41 Å². The Kier molecular flexibility index (Phi) is 3.62. The van der Waals surface area contributed by atoms with E-state index >= 15 is 0 Å². The zero-order chi connectivity index (χ0) is 10.7. The van der Waals surface area contributed by atoms with Crippen LogP contribution in [0.1, 0.15) is 39.0 Å². The van der Waals surface area contributed by atoms with E-state index in [0.29, 0.717) is 6.04 Å². The predicted octanol–water partition coefficient (Wildman–Crippen LogP) is 2.26. The van der Waals surface area contributed by atoms with E-state index in [4.69, 9.17) is 10.1 Å². The molecule has 0 radical (unpaired) electrons. The fourth-order valence-electron chi connectivity index (χ4n) is 2.76. The van der Waals surface area contributed by atoms with E-state index in [1.807, 2.05) is 0 Å². The third-order valence-corrected chi connectivity index (χ3v) is 3.85. The van der Waals surface area contributed by atoms with Crippen molar-refractivity contribution in [2.75, 3.05) is 19.8 Å². The molecule has 2 fully saturated rings. The summed E-state index contributed by atoms with van der Waals surface area (Å²) in [6, 6.07) is 0.543. The summed E-state index contributed by atoms with van der Waals surface area (Å²) in [5, 5.41) is 7.99. The van der Waals surface area contributed by atoms with E-state index in [1.54, 1.807) is 0 Å². The van der Waals surface area contributed by atoms with Gasteiger partial charge in [0.25, 0.3) is 0 Å². The van der Waals surface area contributed by atoms with Crippen molar-refractivity contribution in [3.63, 3.8) is 0 Å². The summed E-state index contributed by atoms with van der Waals surface area (Å²) in [4.78, 5) is 2.32. The molecule has 0 aromatic rings. The normalized spacial score (nSPS) is 26.7. The molecule has 0 amide bonds. The Balaban J connectivity index is 1.92. The fourth-order valence-corrected chi connectivity index (χ4v) is 2.76. The average Bonchev–Trinajstić information content (AvgIpc) is 2.30. The number of nitrogens with one attached hydrogen (secondary N) is 1. The highest BCUT2D eigenvalue weighted by atomic mass is 16.5. The molecule has 2 rings (SSSR count). The molecular formula is C12H22N2O. The molecule has 0 aromatic heterocycles. The number of amidine groups is 1. The molecule has 0 saturated carbocycles. The highest BCUT2D eigenvalue weighted by molar-refractivity contribution is 5.80. The van der Waals surface area contributed by atoms with Gasteiger partial charge >= 0.3 is 0 Å². The van der Waals surface area contributed by atoms with E-state index in [2.05, 4.69) is 11.8 Å². The Morgan fingerprint density at radius 2 is 2.07 bits per heavy atom. The topological polar surface area (TPSA) is 36.3 Å². The molecule has 0 aromatic carbocycles. The third-order valence-electron chi connectivity index (χ3n) is 3.85. The summed E-state index contributed by atoms with van der Waals surface area (Å²) >= 11 is 0. The van der Waals surface area contributed by atoms with Crippen LogP contribution in [0.2, 0.25) is 0 Å². The van der Waals surface area contributed by atoms with Crippen molar-refractivity contribution in [2.45, 2.75) is 45.1 Å². The van der Waals surface area contributed by atoms with E-state index in [0.717, 1.165) is 37.9 Å². The van der Waals surface area contributed by atoms with Gasteiger partial charge in [0.1, 0.15) is 0 Å². The van der Waals surface area contributed by atoms with Gasteiger partial charge < -0.3 is 9.64 Å².